The Morgan fingerprint density at radius 2 is 2.33 bits per heavy atom. The van der Waals surface area contributed by atoms with E-state index in [0.29, 0.717) is 11.2 Å². The SMILES string of the molecule is N#Cc1cnn2c(Br)cnc2c1. The summed E-state index contributed by atoms with van der Waals surface area (Å²) in [6.07, 6.45) is 3.14. The van der Waals surface area contributed by atoms with Crippen molar-refractivity contribution < 1.29 is 0 Å². The molecule has 2 aromatic rings. The second kappa shape index (κ2) is 2.57. The highest BCUT2D eigenvalue weighted by atomic mass is 79.9. The number of hydrogen-bond donors (Lipinski definition) is 0. The minimum Gasteiger partial charge on any atom is -0.234 e. The maximum atomic E-state index is 8.57. The highest BCUT2D eigenvalue weighted by Crippen LogP contribution is 2.11. The second-order valence-corrected chi connectivity index (χ2v) is 3.02. The van der Waals surface area contributed by atoms with Gasteiger partial charge in [-0.25, -0.2) is 9.50 Å². The highest BCUT2D eigenvalue weighted by Gasteiger charge is 2.01. The fourth-order valence-corrected chi connectivity index (χ4v) is 1.28. The van der Waals surface area contributed by atoms with Gasteiger partial charge in [-0.3, -0.25) is 0 Å². The van der Waals surface area contributed by atoms with Crippen molar-refractivity contribution in [3.05, 3.63) is 28.6 Å². The first-order valence-corrected chi connectivity index (χ1v) is 4.00. The summed E-state index contributed by atoms with van der Waals surface area (Å²) in [4.78, 5) is 4.03. The van der Waals surface area contributed by atoms with Crippen molar-refractivity contribution in [2.75, 3.05) is 0 Å². The molecule has 0 bridgehead atoms. The molecule has 0 saturated heterocycles. The molecular weight excluding hydrogens is 220 g/mol. The molecule has 0 spiro atoms. The number of halogens is 1. The van der Waals surface area contributed by atoms with Gasteiger partial charge < -0.3 is 0 Å². The molecule has 5 heteroatoms. The van der Waals surface area contributed by atoms with Crippen LogP contribution >= 0.6 is 15.9 Å². The standard InChI is InChI=1S/C7H3BrN4/c8-6-4-10-7-1-5(2-9)3-11-12(6)7/h1,3-4H. The van der Waals surface area contributed by atoms with Crippen LogP contribution in [0.15, 0.2) is 23.1 Å². The van der Waals surface area contributed by atoms with E-state index in [1.54, 1.807) is 16.8 Å². The summed E-state index contributed by atoms with van der Waals surface area (Å²) in [5.41, 5.74) is 1.18. The first-order valence-electron chi connectivity index (χ1n) is 3.20. The summed E-state index contributed by atoms with van der Waals surface area (Å²) in [7, 11) is 0. The fourth-order valence-electron chi connectivity index (χ4n) is 0.908. The van der Waals surface area contributed by atoms with Crippen LogP contribution in [-0.2, 0) is 0 Å². The molecule has 2 rings (SSSR count). The van der Waals surface area contributed by atoms with Crippen LogP contribution in [0.3, 0.4) is 0 Å². The Bertz CT molecular complexity index is 468. The molecule has 0 aliphatic heterocycles. The van der Waals surface area contributed by atoms with Gasteiger partial charge in [0.1, 0.15) is 10.7 Å². The number of nitrogens with zero attached hydrogens (tertiary/aromatic N) is 4. The lowest BCUT2D eigenvalue weighted by atomic mass is 10.3. The first-order chi connectivity index (χ1) is 5.81. The van der Waals surface area contributed by atoms with E-state index in [-0.39, 0.29) is 0 Å². The van der Waals surface area contributed by atoms with Gasteiger partial charge >= 0.3 is 0 Å². The van der Waals surface area contributed by atoms with Crippen LogP contribution in [0.1, 0.15) is 5.56 Å². The van der Waals surface area contributed by atoms with Gasteiger partial charge in [-0.2, -0.15) is 10.4 Å². The predicted molar refractivity (Wildman–Crippen MR) is 45.4 cm³/mol. The zero-order valence-corrected chi connectivity index (χ0v) is 7.48. The number of hydrogen-bond acceptors (Lipinski definition) is 3. The summed E-state index contributed by atoms with van der Waals surface area (Å²) >= 11 is 3.27. The molecule has 4 nitrogen and oxygen atoms in total. The minimum atomic E-state index is 0.514. The van der Waals surface area contributed by atoms with Crippen LogP contribution in [0.4, 0.5) is 0 Å². The largest absolute Gasteiger partial charge is 0.234 e. The molecule has 0 N–H and O–H groups in total. The van der Waals surface area contributed by atoms with E-state index in [2.05, 4.69) is 26.0 Å². The van der Waals surface area contributed by atoms with E-state index in [4.69, 9.17) is 5.26 Å². The predicted octanol–water partition coefficient (Wildman–Crippen LogP) is 1.36. The van der Waals surface area contributed by atoms with Gasteiger partial charge in [0, 0.05) is 6.07 Å². The maximum absolute atomic E-state index is 8.57. The first kappa shape index (κ1) is 7.25. The lowest BCUT2D eigenvalue weighted by Gasteiger charge is -1.92. The highest BCUT2D eigenvalue weighted by molar-refractivity contribution is 9.10. The summed E-state index contributed by atoms with van der Waals surface area (Å²) in [5.74, 6) is 0. The zero-order chi connectivity index (χ0) is 8.55. The third-order valence-corrected chi connectivity index (χ3v) is 1.99. The maximum Gasteiger partial charge on any atom is 0.156 e. The summed E-state index contributed by atoms with van der Waals surface area (Å²) < 4.78 is 2.39. The Morgan fingerprint density at radius 3 is 3.08 bits per heavy atom. The molecule has 0 radical (unpaired) electrons. The van der Waals surface area contributed by atoms with E-state index >= 15 is 0 Å². The summed E-state index contributed by atoms with van der Waals surface area (Å²) in [5, 5.41) is 12.6. The van der Waals surface area contributed by atoms with Gasteiger partial charge in [0.05, 0.1) is 18.0 Å². The van der Waals surface area contributed by atoms with Gasteiger partial charge in [0.15, 0.2) is 5.65 Å². The van der Waals surface area contributed by atoms with E-state index in [1.165, 1.54) is 6.20 Å². The molecule has 0 aliphatic rings. The number of nitriles is 1. The number of imidazole rings is 1. The minimum absolute atomic E-state index is 0.514. The normalized spacial score (nSPS) is 10.0. The molecule has 0 amide bonds. The fraction of sp³-hybridized carbons (Fsp3) is 0. The monoisotopic (exact) mass is 222 g/mol. The number of fused-ring (bicyclic) bond motifs is 1. The molecule has 12 heavy (non-hydrogen) atoms. The van der Waals surface area contributed by atoms with Gasteiger partial charge in [-0.15, -0.1) is 0 Å². The van der Waals surface area contributed by atoms with Crippen LogP contribution in [0.25, 0.3) is 5.65 Å². The van der Waals surface area contributed by atoms with Crippen LogP contribution in [0.2, 0.25) is 0 Å². The summed E-state index contributed by atoms with van der Waals surface area (Å²) in [6.45, 7) is 0. The van der Waals surface area contributed by atoms with Crippen molar-refractivity contribution in [3.63, 3.8) is 0 Å². The topological polar surface area (TPSA) is 54.0 Å². The van der Waals surface area contributed by atoms with E-state index in [0.717, 1.165) is 4.60 Å². The van der Waals surface area contributed by atoms with Gasteiger partial charge in [0.2, 0.25) is 0 Å². The number of aromatic nitrogens is 3. The van der Waals surface area contributed by atoms with Crippen molar-refractivity contribution in [2.24, 2.45) is 0 Å². The molecule has 0 aromatic carbocycles. The summed E-state index contributed by atoms with van der Waals surface area (Å²) in [6, 6.07) is 3.68. The molecule has 2 heterocycles. The molecule has 0 saturated carbocycles. The van der Waals surface area contributed by atoms with Gasteiger partial charge in [0.25, 0.3) is 0 Å². The van der Waals surface area contributed by atoms with Crippen molar-refractivity contribution in [2.45, 2.75) is 0 Å². The van der Waals surface area contributed by atoms with Crippen molar-refractivity contribution in [1.82, 2.24) is 14.6 Å². The third kappa shape index (κ3) is 0.970. The van der Waals surface area contributed by atoms with Crippen molar-refractivity contribution >= 4 is 21.6 Å². The van der Waals surface area contributed by atoms with Crippen LogP contribution in [0.5, 0.6) is 0 Å². The molecule has 2 aromatic heterocycles. The quantitative estimate of drug-likeness (QED) is 0.677. The molecular formula is C7H3BrN4. The van der Waals surface area contributed by atoms with E-state index in [1.807, 2.05) is 6.07 Å². The Balaban J connectivity index is 2.80. The second-order valence-electron chi connectivity index (χ2n) is 2.21. The molecule has 0 fully saturated rings. The average Bonchev–Trinajstić information content (AvgIpc) is 2.47. The zero-order valence-electron chi connectivity index (χ0n) is 5.90. The lowest BCUT2D eigenvalue weighted by Crippen LogP contribution is -1.91. The Labute approximate surface area is 76.6 Å². The molecule has 0 unspecified atom stereocenters. The van der Waals surface area contributed by atoms with Crippen LogP contribution in [0, 0.1) is 11.3 Å². The Morgan fingerprint density at radius 1 is 1.50 bits per heavy atom. The van der Waals surface area contributed by atoms with E-state index < -0.39 is 0 Å². The van der Waals surface area contributed by atoms with Crippen molar-refractivity contribution in [3.8, 4) is 6.07 Å². The smallest absolute Gasteiger partial charge is 0.156 e. The molecule has 58 valence electrons. The molecule has 0 atom stereocenters. The van der Waals surface area contributed by atoms with Gasteiger partial charge in [-0.05, 0) is 15.9 Å². The van der Waals surface area contributed by atoms with Crippen LogP contribution < -0.4 is 0 Å². The van der Waals surface area contributed by atoms with Crippen LogP contribution in [-0.4, -0.2) is 14.6 Å². The van der Waals surface area contributed by atoms with E-state index in [9.17, 15) is 0 Å². The number of rotatable bonds is 0. The van der Waals surface area contributed by atoms with Gasteiger partial charge in [-0.1, -0.05) is 0 Å². The van der Waals surface area contributed by atoms with Crippen molar-refractivity contribution in [1.29, 1.82) is 5.26 Å². The Hall–Kier alpha value is -1.41. The lowest BCUT2D eigenvalue weighted by molar-refractivity contribution is 0.912. The third-order valence-electron chi connectivity index (χ3n) is 1.45. The average molecular weight is 223 g/mol. The molecule has 0 aliphatic carbocycles. The Kier molecular flexibility index (Phi) is 1.55.